The van der Waals surface area contributed by atoms with E-state index in [1.54, 1.807) is 0 Å². The Hall–Kier alpha value is -2.13. The van der Waals surface area contributed by atoms with E-state index < -0.39 is 0 Å². The van der Waals surface area contributed by atoms with Gasteiger partial charge >= 0.3 is 0 Å². The molecule has 23 heavy (non-hydrogen) atoms. The van der Waals surface area contributed by atoms with E-state index in [0.717, 1.165) is 24.1 Å². The summed E-state index contributed by atoms with van der Waals surface area (Å²) in [5, 5.41) is 3.29. The van der Waals surface area contributed by atoms with Gasteiger partial charge in [-0.25, -0.2) is 0 Å². The summed E-state index contributed by atoms with van der Waals surface area (Å²) in [5.74, 6) is 0.145. The number of hydrogen-bond donors (Lipinski definition) is 1. The summed E-state index contributed by atoms with van der Waals surface area (Å²) in [7, 11) is 0. The maximum absolute atomic E-state index is 12.8. The Labute approximate surface area is 139 Å². The van der Waals surface area contributed by atoms with Gasteiger partial charge in [-0.05, 0) is 31.0 Å². The fourth-order valence-corrected chi connectivity index (χ4v) is 2.54. The lowest BCUT2D eigenvalue weighted by Gasteiger charge is -2.26. The van der Waals surface area contributed by atoms with E-state index in [0.29, 0.717) is 13.1 Å². The van der Waals surface area contributed by atoms with Crippen LogP contribution in [-0.2, 0) is 17.9 Å². The molecule has 2 aromatic rings. The molecule has 122 valence electrons. The predicted molar refractivity (Wildman–Crippen MR) is 94.9 cm³/mol. The fourth-order valence-electron chi connectivity index (χ4n) is 2.54. The van der Waals surface area contributed by atoms with Crippen LogP contribution in [0.4, 0.5) is 0 Å². The Morgan fingerprint density at radius 3 is 1.87 bits per heavy atom. The molecule has 0 heterocycles. The molecule has 0 aliphatic carbocycles. The van der Waals surface area contributed by atoms with Crippen molar-refractivity contribution in [2.75, 3.05) is 6.54 Å². The molecule has 0 spiro atoms. The standard InChI is InChI=1S/C20H26N2O/c1-3-14-21-17(2)20(23)22(15-18-10-6-4-7-11-18)16-19-12-8-5-9-13-19/h4-13,17,21H,3,14-16H2,1-2H3. The highest BCUT2D eigenvalue weighted by Gasteiger charge is 2.20. The third kappa shape index (κ3) is 5.53. The number of rotatable bonds is 8. The van der Waals surface area contributed by atoms with Crippen LogP contribution < -0.4 is 5.32 Å². The SMILES string of the molecule is CCCNC(C)C(=O)N(Cc1ccccc1)Cc1ccccc1. The number of nitrogens with zero attached hydrogens (tertiary/aromatic N) is 1. The van der Waals surface area contributed by atoms with Crippen LogP contribution in [0.2, 0.25) is 0 Å². The van der Waals surface area contributed by atoms with E-state index in [1.165, 1.54) is 0 Å². The van der Waals surface area contributed by atoms with Gasteiger partial charge in [-0.3, -0.25) is 4.79 Å². The predicted octanol–water partition coefficient (Wildman–Crippen LogP) is 3.60. The molecule has 1 amide bonds. The fraction of sp³-hybridized carbons (Fsp3) is 0.350. The third-order valence-electron chi connectivity index (χ3n) is 3.82. The average molecular weight is 310 g/mol. The van der Waals surface area contributed by atoms with Crippen molar-refractivity contribution < 1.29 is 4.79 Å². The first-order chi connectivity index (χ1) is 11.2. The van der Waals surface area contributed by atoms with E-state index in [9.17, 15) is 4.79 Å². The van der Waals surface area contributed by atoms with Gasteiger partial charge in [0.2, 0.25) is 5.91 Å². The van der Waals surface area contributed by atoms with Gasteiger partial charge in [-0.15, -0.1) is 0 Å². The van der Waals surface area contributed by atoms with Gasteiger partial charge < -0.3 is 10.2 Å². The van der Waals surface area contributed by atoms with Gasteiger partial charge in [-0.1, -0.05) is 67.6 Å². The van der Waals surface area contributed by atoms with Gasteiger partial charge in [0, 0.05) is 13.1 Å². The van der Waals surface area contributed by atoms with E-state index in [1.807, 2.05) is 48.2 Å². The molecule has 0 saturated heterocycles. The Morgan fingerprint density at radius 1 is 0.957 bits per heavy atom. The smallest absolute Gasteiger partial charge is 0.240 e. The topological polar surface area (TPSA) is 32.3 Å². The molecule has 1 N–H and O–H groups in total. The zero-order chi connectivity index (χ0) is 16.5. The molecular formula is C20H26N2O. The molecule has 0 saturated carbocycles. The highest BCUT2D eigenvalue weighted by atomic mass is 16.2. The molecule has 1 atom stereocenters. The Bertz CT molecular complexity index is 542. The van der Waals surface area contributed by atoms with Gasteiger partial charge in [-0.2, -0.15) is 0 Å². The Balaban J connectivity index is 2.11. The molecule has 0 fully saturated rings. The van der Waals surface area contributed by atoms with Crippen LogP contribution in [0.1, 0.15) is 31.4 Å². The second-order valence-corrected chi connectivity index (χ2v) is 5.84. The summed E-state index contributed by atoms with van der Waals surface area (Å²) in [5.41, 5.74) is 2.30. The first-order valence-corrected chi connectivity index (χ1v) is 8.30. The van der Waals surface area contributed by atoms with Crippen LogP contribution in [0.25, 0.3) is 0 Å². The zero-order valence-corrected chi connectivity index (χ0v) is 14.0. The zero-order valence-electron chi connectivity index (χ0n) is 14.0. The highest BCUT2D eigenvalue weighted by Crippen LogP contribution is 2.11. The number of hydrogen-bond acceptors (Lipinski definition) is 2. The summed E-state index contributed by atoms with van der Waals surface area (Å²) >= 11 is 0. The maximum atomic E-state index is 12.8. The number of carbonyl (C=O) groups is 1. The highest BCUT2D eigenvalue weighted by molar-refractivity contribution is 5.81. The van der Waals surface area contributed by atoms with Crippen molar-refractivity contribution >= 4 is 5.91 Å². The van der Waals surface area contributed by atoms with Crippen molar-refractivity contribution in [2.45, 2.75) is 39.4 Å². The molecule has 0 bridgehead atoms. The van der Waals surface area contributed by atoms with E-state index in [-0.39, 0.29) is 11.9 Å². The van der Waals surface area contributed by atoms with Gasteiger partial charge in [0.05, 0.1) is 6.04 Å². The summed E-state index contributed by atoms with van der Waals surface area (Å²) in [6.07, 6.45) is 1.02. The van der Waals surface area contributed by atoms with Crippen LogP contribution >= 0.6 is 0 Å². The Kier molecular flexibility index (Phi) is 6.82. The molecule has 0 aliphatic rings. The lowest BCUT2D eigenvalue weighted by atomic mass is 10.1. The normalized spacial score (nSPS) is 11.9. The lowest BCUT2D eigenvalue weighted by molar-refractivity contribution is -0.134. The number of carbonyl (C=O) groups excluding carboxylic acids is 1. The average Bonchev–Trinajstić information content (AvgIpc) is 2.60. The largest absolute Gasteiger partial charge is 0.333 e. The third-order valence-corrected chi connectivity index (χ3v) is 3.82. The van der Waals surface area contributed by atoms with Crippen molar-refractivity contribution in [1.29, 1.82) is 0 Å². The molecule has 0 radical (unpaired) electrons. The summed E-state index contributed by atoms with van der Waals surface area (Å²) in [6.45, 7) is 6.17. The van der Waals surface area contributed by atoms with E-state index in [4.69, 9.17) is 0 Å². The van der Waals surface area contributed by atoms with Gasteiger partial charge in [0.25, 0.3) is 0 Å². The summed E-state index contributed by atoms with van der Waals surface area (Å²) in [4.78, 5) is 14.7. The molecule has 0 aliphatic heterocycles. The Morgan fingerprint density at radius 2 is 1.43 bits per heavy atom. The lowest BCUT2D eigenvalue weighted by Crippen LogP contribution is -2.44. The first-order valence-electron chi connectivity index (χ1n) is 8.30. The summed E-state index contributed by atoms with van der Waals surface area (Å²) < 4.78 is 0. The minimum Gasteiger partial charge on any atom is -0.333 e. The second-order valence-electron chi connectivity index (χ2n) is 5.84. The summed E-state index contributed by atoms with van der Waals surface area (Å²) in [6, 6.07) is 20.1. The molecular weight excluding hydrogens is 284 g/mol. The molecule has 3 nitrogen and oxygen atoms in total. The number of amides is 1. The molecule has 3 heteroatoms. The van der Waals surface area contributed by atoms with Crippen LogP contribution in [0, 0.1) is 0 Å². The van der Waals surface area contributed by atoms with E-state index in [2.05, 4.69) is 36.5 Å². The molecule has 2 rings (SSSR count). The monoisotopic (exact) mass is 310 g/mol. The van der Waals surface area contributed by atoms with Crippen LogP contribution in [0.15, 0.2) is 60.7 Å². The number of nitrogens with one attached hydrogen (secondary N) is 1. The first kappa shape index (κ1) is 17.2. The molecule has 0 aromatic heterocycles. The van der Waals surface area contributed by atoms with Crippen molar-refractivity contribution in [3.63, 3.8) is 0 Å². The second kappa shape index (κ2) is 9.11. The maximum Gasteiger partial charge on any atom is 0.240 e. The van der Waals surface area contributed by atoms with Crippen LogP contribution in [0.5, 0.6) is 0 Å². The van der Waals surface area contributed by atoms with Crippen LogP contribution in [-0.4, -0.2) is 23.4 Å². The quantitative estimate of drug-likeness (QED) is 0.808. The van der Waals surface area contributed by atoms with Crippen molar-refractivity contribution in [1.82, 2.24) is 10.2 Å². The van der Waals surface area contributed by atoms with Crippen molar-refractivity contribution in [3.05, 3.63) is 71.8 Å². The van der Waals surface area contributed by atoms with Gasteiger partial charge in [0.15, 0.2) is 0 Å². The van der Waals surface area contributed by atoms with E-state index >= 15 is 0 Å². The van der Waals surface area contributed by atoms with Crippen molar-refractivity contribution in [3.8, 4) is 0 Å². The minimum atomic E-state index is -0.164. The molecule has 1 unspecified atom stereocenters. The molecule has 2 aromatic carbocycles. The van der Waals surface area contributed by atoms with Gasteiger partial charge in [0.1, 0.15) is 0 Å². The number of benzene rings is 2. The van der Waals surface area contributed by atoms with Crippen LogP contribution in [0.3, 0.4) is 0 Å². The minimum absolute atomic E-state index is 0.145. The van der Waals surface area contributed by atoms with Crippen molar-refractivity contribution in [2.24, 2.45) is 0 Å².